The number of fused-ring (bicyclic) bond motifs is 1. The Morgan fingerprint density at radius 2 is 2.10 bits per heavy atom. The average Bonchev–Trinajstić information content (AvgIpc) is 3.06. The predicted octanol–water partition coefficient (Wildman–Crippen LogP) is 1.77. The highest BCUT2D eigenvalue weighted by Crippen LogP contribution is 2.28. The molecule has 4 heteroatoms. The van der Waals surface area contributed by atoms with Gasteiger partial charge in [-0.1, -0.05) is 19.8 Å². The second kappa shape index (κ2) is 7.40. The molecule has 3 rings (SSSR count). The van der Waals surface area contributed by atoms with Gasteiger partial charge in [-0.25, -0.2) is 0 Å². The molecule has 122 valence electrons. The molecule has 2 N–H and O–H groups in total. The van der Waals surface area contributed by atoms with Gasteiger partial charge >= 0.3 is 0 Å². The lowest BCUT2D eigenvalue weighted by atomic mass is 9.89. The van der Waals surface area contributed by atoms with Gasteiger partial charge < -0.3 is 15.2 Å². The Labute approximate surface area is 129 Å². The Morgan fingerprint density at radius 3 is 2.95 bits per heavy atom. The van der Waals surface area contributed by atoms with Gasteiger partial charge in [0.25, 0.3) is 0 Å². The minimum Gasteiger partial charge on any atom is -0.389 e. The van der Waals surface area contributed by atoms with Gasteiger partial charge in [-0.3, -0.25) is 4.90 Å². The van der Waals surface area contributed by atoms with Crippen molar-refractivity contribution in [2.24, 2.45) is 5.92 Å². The molecular formula is C17H32N2O2. The van der Waals surface area contributed by atoms with Crippen LogP contribution in [0.15, 0.2) is 0 Å². The summed E-state index contributed by atoms with van der Waals surface area (Å²) in [6, 6.07) is 1.30. The van der Waals surface area contributed by atoms with Crippen LogP contribution in [0, 0.1) is 5.92 Å². The second-order valence-electron chi connectivity index (χ2n) is 7.43. The maximum Gasteiger partial charge on any atom is 0.0897 e. The summed E-state index contributed by atoms with van der Waals surface area (Å²) < 4.78 is 5.92. The third-order valence-electron chi connectivity index (χ3n) is 5.63. The molecule has 1 saturated carbocycles. The van der Waals surface area contributed by atoms with Gasteiger partial charge in [0.2, 0.25) is 0 Å². The fourth-order valence-electron chi connectivity index (χ4n) is 4.44. The van der Waals surface area contributed by atoms with E-state index in [0.29, 0.717) is 25.3 Å². The van der Waals surface area contributed by atoms with Crippen LogP contribution in [0.3, 0.4) is 0 Å². The van der Waals surface area contributed by atoms with Crippen LogP contribution in [0.4, 0.5) is 0 Å². The Morgan fingerprint density at radius 1 is 1.19 bits per heavy atom. The number of nitrogens with zero attached hydrogens (tertiary/aromatic N) is 1. The van der Waals surface area contributed by atoms with E-state index in [1.165, 1.54) is 58.0 Å². The fourth-order valence-corrected chi connectivity index (χ4v) is 4.44. The van der Waals surface area contributed by atoms with E-state index in [-0.39, 0.29) is 6.10 Å². The van der Waals surface area contributed by atoms with Crippen LogP contribution in [0.5, 0.6) is 0 Å². The number of ether oxygens (including phenoxy) is 1. The fraction of sp³-hybridized carbons (Fsp3) is 1.00. The maximum absolute atomic E-state index is 10.1. The lowest BCUT2D eigenvalue weighted by Crippen LogP contribution is -2.43. The summed E-state index contributed by atoms with van der Waals surface area (Å²) in [7, 11) is 0. The van der Waals surface area contributed by atoms with Gasteiger partial charge in [-0.05, 0) is 44.6 Å². The molecule has 4 nitrogen and oxygen atoms in total. The lowest BCUT2D eigenvalue weighted by Gasteiger charge is -2.28. The van der Waals surface area contributed by atoms with Gasteiger partial charge in [0.05, 0.1) is 18.8 Å². The van der Waals surface area contributed by atoms with E-state index in [9.17, 15) is 5.11 Å². The smallest absolute Gasteiger partial charge is 0.0897 e. The summed E-state index contributed by atoms with van der Waals surface area (Å²) in [5, 5.41) is 13.7. The molecule has 1 aliphatic carbocycles. The van der Waals surface area contributed by atoms with E-state index >= 15 is 0 Å². The zero-order valence-electron chi connectivity index (χ0n) is 13.5. The highest BCUT2D eigenvalue weighted by Gasteiger charge is 2.36. The van der Waals surface area contributed by atoms with E-state index in [1.807, 2.05) is 0 Å². The van der Waals surface area contributed by atoms with E-state index in [1.54, 1.807) is 0 Å². The van der Waals surface area contributed by atoms with E-state index in [2.05, 4.69) is 17.1 Å². The van der Waals surface area contributed by atoms with Gasteiger partial charge in [-0.15, -0.1) is 0 Å². The van der Waals surface area contributed by atoms with Crippen molar-refractivity contribution in [3.8, 4) is 0 Å². The number of aliphatic hydroxyl groups excluding tert-OH is 1. The highest BCUT2D eigenvalue weighted by molar-refractivity contribution is 4.95. The number of hydrogen-bond acceptors (Lipinski definition) is 4. The molecule has 0 radical (unpaired) electrons. The first kappa shape index (κ1) is 15.7. The van der Waals surface area contributed by atoms with Gasteiger partial charge in [0.1, 0.15) is 0 Å². The normalized spacial score (nSPS) is 38.6. The summed E-state index contributed by atoms with van der Waals surface area (Å²) in [4.78, 5) is 2.60. The van der Waals surface area contributed by atoms with E-state index < -0.39 is 0 Å². The standard InChI is InChI=1S/C17H32N2O2/c1-13-4-2-5-15(10-13)21-12-14(20)11-18-16-7-9-19-8-3-6-17(16)19/h13-18,20H,2-12H2,1H3. The summed E-state index contributed by atoms with van der Waals surface area (Å²) in [5.41, 5.74) is 0. The monoisotopic (exact) mass is 296 g/mol. The Hall–Kier alpha value is -0.160. The van der Waals surface area contributed by atoms with E-state index in [4.69, 9.17) is 4.74 Å². The van der Waals surface area contributed by atoms with Crippen LogP contribution in [-0.2, 0) is 4.74 Å². The van der Waals surface area contributed by atoms with Gasteiger partial charge in [0, 0.05) is 25.2 Å². The van der Waals surface area contributed by atoms with Crippen molar-refractivity contribution in [3.05, 3.63) is 0 Å². The van der Waals surface area contributed by atoms with Crippen molar-refractivity contribution in [1.82, 2.24) is 10.2 Å². The van der Waals surface area contributed by atoms with Gasteiger partial charge in [-0.2, -0.15) is 0 Å². The van der Waals surface area contributed by atoms with Crippen molar-refractivity contribution in [3.63, 3.8) is 0 Å². The second-order valence-corrected chi connectivity index (χ2v) is 7.43. The zero-order valence-corrected chi connectivity index (χ0v) is 13.5. The van der Waals surface area contributed by atoms with Crippen molar-refractivity contribution >= 4 is 0 Å². The van der Waals surface area contributed by atoms with Crippen molar-refractivity contribution in [2.75, 3.05) is 26.2 Å². The summed E-state index contributed by atoms with van der Waals surface area (Å²) >= 11 is 0. The molecule has 0 aromatic carbocycles. The molecule has 0 bridgehead atoms. The Kier molecular flexibility index (Phi) is 5.54. The predicted molar refractivity (Wildman–Crippen MR) is 84.4 cm³/mol. The minimum atomic E-state index is -0.363. The molecule has 3 fully saturated rings. The van der Waals surface area contributed by atoms with Crippen LogP contribution < -0.4 is 5.32 Å². The molecule has 2 saturated heterocycles. The molecule has 2 aliphatic heterocycles. The summed E-state index contributed by atoms with van der Waals surface area (Å²) in [5.74, 6) is 0.783. The van der Waals surface area contributed by atoms with Crippen LogP contribution in [0.25, 0.3) is 0 Å². The van der Waals surface area contributed by atoms with Crippen LogP contribution in [-0.4, -0.2) is 60.5 Å². The third kappa shape index (κ3) is 4.19. The van der Waals surface area contributed by atoms with E-state index in [0.717, 1.165) is 12.0 Å². The highest BCUT2D eigenvalue weighted by atomic mass is 16.5. The van der Waals surface area contributed by atoms with Gasteiger partial charge in [0.15, 0.2) is 0 Å². The van der Waals surface area contributed by atoms with Crippen molar-refractivity contribution in [1.29, 1.82) is 0 Å². The first-order valence-corrected chi connectivity index (χ1v) is 8.99. The average molecular weight is 296 g/mol. The Balaban J connectivity index is 1.32. The van der Waals surface area contributed by atoms with Crippen molar-refractivity contribution in [2.45, 2.75) is 76.2 Å². The molecule has 5 unspecified atom stereocenters. The largest absolute Gasteiger partial charge is 0.389 e. The van der Waals surface area contributed by atoms with Crippen LogP contribution in [0.2, 0.25) is 0 Å². The molecule has 0 aromatic heterocycles. The lowest BCUT2D eigenvalue weighted by molar-refractivity contribution is -0.0313. The molecule has 0 spiro atoms. The van der Waals surface area contributed by atoms with Crippen molar-refractivity contribution < 1.29 is 9.84 Å². The maximum atomic E-state index is 10.1. The Bertz CT molecular complexity index is 326. The minimum absolute atomic E-state index is 0.363. The molecule has 5 atom stereocenters. The summed E-state index contributed by atoms with van der Waals surface area (Å²) in [6.45, 7) is 5.98. The van der Waals surface area contributed by atoms with Crippen LogP contribution in [0.1, 0.15) is 51.9 Å². The number of rotatable bonds is 6. The zero-order chi connectivity index (χ0) is 14.7. The molecule has 0 amide bonds. The first-order chi connectivity index (χ1) is 10.2. The number of hydrogen-bond donors (Lipinski definition) is 2. The molecule has 0 aromatic rings. The molecule has 21 heavy (non-hydrogen) atoms. The molecular weight excluding hydrogens is 264 g/mol. The quantitative estimate of drug-likeness (QED) is 0.784. The SMILES string of the molecule is CC1CCCC(OCC(O)CNC2CCN3CCCC23)C1. The topological polar surface area (TPSA) is 44.7 Å². The number of aliphatic hydroxyl groups is 1. The molecule has 2 heterocycles. The summed E-state index contributed by atoms with van der Waals surface area (Å²) in [6.07, 6.45) is 8.86. The first-order valence-electron chi connectivity index (χ1n) is 8.99. The molecule has 3 aliphatic rings. The van der Waals surface area contributed by atoms with Crippen LogP contribution >= 0.6 is 0 Å². The third-order valence-corrected chi connectivity index (χ3v) is 5.63. The number of nitrogens with one attached hydrogen (secondary N) is 1.